The lowest BCUT2D eigenvalue weighted by Gasteiger charge is -2.30. The van der Waals surface area contributed by atoms with Crippen molar-refractivity contribution < 1.29 is 4.79 Å². The molecule has 0 aliphatic carbocycles. The van der Waals surface area contributed by atoms with Crippen molar-refractivity contribution in [2.45, 2.75) is 52.8 Å². The lowest BCUT2D eigenvalue weighted by molar-refractivity contribution is -0.111. The largest absolute Gasteiger partial charge is 0.306 e. The maximum Gasteiger partial charge on any atom is 0.132 e. The third-order valence-electron chi connectivity index (χ3n) is 2.91. The van der Waals surface area contributed by atoms with Gasteiger partial charge in [0.2, 0.25) is 0 Å². The minimum Gasteiger partial charge on any atom is -0.306 e. The highest BCUT2D eigenvalue weighted by Crippen LogP contribution is 2.29. The van der Waals surface area contributed by atoms with Gasteiger partial charge in [-0.25, -0.2) is 0 Å². The second-order valence-corrected chi connectivity index (χ2v) is 9.83. The highest BCUT2D eigenvalue weighted by atomic mass is 28.3. The van der Waals surface area contributed by atoms with Crippen LogP contribution in [0.25, 0.3) is 0 Å². The van der Waals surface area contributed by atoms with E-state index in [1.165, 1.54) is 0 Å². The van der Waals surface area contributed by atoms with Gasteiger partial charge in [-0.2, -0.15) is 0 Å². The Kier molecular flexibility index (Phi) is 4.18. The molecule has 0 saturated heterocycles. The van der Waals surface area contributed by atoms with Gasteiger partial charge in [0.15, 0.2) is 0 Å². The molecule has 0 heterocycles. The van der Waals surface area contributed by atoms with E-state index in [2.05, 4.69) is 34.2 Å². The van der Waals surface area contributed by atoms with E-state index in [0.717, 1.165) is 6.04 Å². The summed E-state index contributed by atoms with van der Waals surface area (Å²) in [5.74, 6) is 0.660. The molecule has 0 fully saturated rings. The number of carbonyl (C=O) groups is 1. The minimum absolute atomic E-state index is 0.464. The summed E-state index contributed by atoms with van der Waals surface area (Å²) in [6, 6.07) is 1.14. The molecule has 0 N–H and O–H groups in total. The topological polar surface area (TPSA) is 17.1 Å². The Hall–Kier alpha value is -0.113. The molecular formula is C10H22OSi. The van der Waals surface area contributed by atoms with Crippen molar-refractivity contribution in [3.63, 3.8) is 0 Å². The van der Waals surface area contributed by atoms with Crippen molar-refractivity contribution in [1.82, 2.24) is 0 Å². The Morgan fingerprint density at radius 1 is 1.25 bits per heavy atom. The lowest BCUT2D eigenvalue weighted by atomic mass is 10.3. The van der Waals surface area contributed by atoms with Crippen LogP contribution in [0.15, 0.2) is 0 Å². The highest BCUT2D eigenvalue weighted by Gasteiger charge is 2.36. The summed E-state index contributed by atoms with van der Waals surface area (Å²) >= 11 is 0. The molecular weight excluding hydrogens is 164 g/mol. The van der Waals surface area contributed by atoms with Crippen LogP contribution >= 0.6 is 0 Å². The van der Waals surface area contributed by atoms with Crippen LogP contribution in [0.1, 0.15) is 34.6 Å². The van der Waals surface area contributed by atoms with Crippen molar-refractivity contribution in [2.75, 3.05) is 0 Å². The monoisotopic (exact) mass is 186 g/mol. The molecule has 0 spiro atoms. The van der Waals surface area contributed by atoms with Gasteiger partial charge in [0.1, 0.15) is 13.5 Å². The van der Waals surface area contributed by atoms with Gasteiger partial charge in [-0.15, -0.1) is 0 Å². The molecule has 0 aromatic heterocycles. The second-order valence-electron chi connectivity index (χ2n) is 4.73. The molecule has 12 heavy (non-hydrogen) atoms. The summed E-state index contributed by atoms with van der Waals surface area (Å²) in [6.07, 6.45) is 0. The Balaban J connectivity index is 4.51. The second kappa shape index (κ2) is 4.22. The molecule has 72 valence electrons. The van der Waals surface area contributed by atoms with Crippen LogP contribution in [0.2, 0.25) is 18.1 Å². The van der Waals surface area contributed by atoms with Gasteiger partial charge in [-0.05, 0) is 24.4 Å². The fourth-order valence-corrected chi connectivity index (χ4v) is 4.90. The zero-order valence-electron chi connectivity index (χ0n) is 9.27. The van der Waals surface area contributed by atoms with Crippen molar-refractivity contribution >= 4 is 13.5 Å². The highest BCUT2D eigenvalue weighted by molar-refractivity contribution is 7.05. The number of carbonyl (C=O) groups excluding carboxylic acids is 1. The molecule has 0 saturated carbocycles. The predicted octanol–water partition coefficient (Wildman–Crippen LogP) is 3.26. The number of hydrogen-bond acceptors (Lipinski definition) is 1. The van der Waals surface area contributed by atoms with Crippen molar-refractivity contribution in [3.05, 3.63) is 0 Å². The zero-order valence-corrected chi connectivity index (χ0v) is 10.3. The summed E-state index contributed by atoms with van der Waals surface area (Å²) < 4.78 is 0. The lowest BCUT2D eigenvalue weighted by Crippen LogP contribution is -2.43. The van der Waals surface area contributed by atoms with E-state index >= 15 is 0 Å². The van der Waals surface area contributed by atoms with Gasteiger partial charge in [-0.1, -0.05) is 34.2 Å². The third-order valence-corrected chi connectivity index (χ3v) is 8.73. The Labute approximate surface area is 77.6 Å². The summed E-state index contributed by atoms with van der Waals surface area (Å²) in [7, 11) is -1.61. The molecule has 0 aliphatic heterocycles. The van der Waals surface area contributed by atoms with E-state index in [4.69, 9.17) is 0 Å². The van der Waals surface area contributed by atoms with Crippen LogP contribution in [-0.4, -0.2) is 13.5 Å². The molecule has 0 aromatic carbocycles. The summed E-state index contributed by atoms with van der Waals surface area (Å²) in [5.41, 5.74) is 0.581. The molecule has 0 aromatic rings. The molecule has 1 unspecified atom stereocenters. The molecule has 0 bridgehead atoms. The summed E-state index contributed by atoms with van der Waals surface area (Å²) in [5, 5.41) is 0.464. The fraction of sp³-hybridized carbons (Fsp3) is 0.900. The van der Waals surface area contributed by atoms with E-state index in [0.29, 0.717) is 16.9 Å². The normalized spacial score (nSPS) is 16.7. The first kappa shape index (κ1) is 11.9. The van der Waals surface area contributed by atoms with Gasteiger partial charge in [-0.3, -0.25) is 0 Å². The van der Waals surface area contributed by atoms with E-state index in [9.17, 15) is 4.79 Å². The third kappa shape index (κ3) is 2.74. The standard InChI is InChI=1S/C10H22OSi/c1-8(2)7-12(6,9(3)4)10(5)11/h8-9H,7H2,1-6H3. The van der Waals surface area contributed by atoms with E-state index < -0.39 is 8.07 Å². The van der Waals surface area contributed by atoms with Gasteiger partial charge in [0.25, 0.3) is 0 Å². The van der Waals surface area contributed by atoms with Crippen LogP contribution in [0.5, 0.6) is 0 Å². The molecule has 0 aliphatic rings. The van der Waals surface area contributed by atoms with E-state index in [-0.39, 0.29) is 0 Å². The van der Waals surface area contributed by atoms with Crippen LogP contribution in [0, 0.1) is 5.92 Å². The molecule has 1 atom stereocenters. The smallest absolute Gasteiger partial charge is 0.132 e. The molecule has 0 amide bonds. The molecule has 1 nitrogen and oxygen atoms in total. The maximum atomic E-state index is 11.5. The average molecular weight is 186 g/mol. The van der Waals surface area contributed by atoms with E-state index in [1.807, 2.05) is 0 Å². The predicted molar refractivity (Wildman–Crippen MR) is 57.0 cm³/mol. The maximum absolute atomic E-state index is 11.5. The fourth-order valence-electron chi connectivity index (χ4n) is 1.63. The van der Waals surface area contributed by atoms with Crippen molar-refractivity contribution in [1.29, 1.82) is 0 Å². The Bertz CT molecular complexity index is 163. The Morgan fingerprint density at radius 2 is 1.67 bits per heavy atom. The summed E-state index contributed by atoms with van der Waals surface area (Å²) in [6.45, 7) is 12.8. The quantitative estimate of drug-likeness (QED) is 0.616. The molecule has 0 rings (SSSR count). The van der Waals surface area contributed by atoms with Crippen LogP contribution in [0.3, 0.4) is 0 Å². The first-order chi connectivity index (χ1) is 5.30. The Morgan fingerprint density at radius 3 is 1.75 bits per heavy atom. The SMILES string of the molecule is CC(=O)[Si](C)(CC(C)C)C(C)C. The van der Waals surface area contributed by atoms with E-state index in [1.54, 1.807) is 6.92 Å². The van der Waals surface area contributed by atoms with Gasteiger partial charge < -0.3 is 4.79 Å². The van der Waals surface area contributed by atoms with Crippen LogP contribution in [-0.2, 0) is 4.79 Å². The van der Waals surface area contributed by atoms with Crippen LogP contribution in [0.4, 0.5) is 0 Å². The number of hydrogen-bond donors (Lipinski definition) is 0. The van der Waals surface area contributed by atoms with Crippen molar-refractivity contribution in [2.24, 2.45) is 5.92 Å². The minimum atomic E-state index is -1.61. The van der Waals surface area contributed by atoms with Gasteiger partial charge in [0, 0.05) is 0 Å². The zero-order chi connectivity index (χ0) is 9.94. The average Bonchev–Trinajstić information content (AvgIpc) is 1.84. The van der Waals surface area contributed by atoms with Gasteiger partial charge in [0.05, 0.1) is 0 Å². The first-order valence-corrected chi connectivity index (χ1v) is 7.60. The molecule has 2 heteroatoms. The van der Waals surface area contributed by atoms with Crippen molar-refractivity contribution in [3.8, 4) is 0 Å². The summed E-state index contributed by atoms with van der Waals surface area (Å²) in [4.78, 5) is 11.5. The first-order valence-electron chi connectivity index (χ1n) is 4.81. The van der Waals surface area contributed by atoms with Crippen LogP contribution < -0.4 is 0 Å². The molecule has 0 radical (unpaired) electrons. The number of rotatable bonds is 4. The van der Waals surface area contributed by atoms with Gasteiger partial charge >= 0.3 is 0 Å².